The molecule has 0 fully saturated rings. The summed E-state index contributed by atoms with van der Waals surface area (Å²) in [6.45, 7) is 1.73. The van der Waals surface area contributed by atoms with Crippen molar-refractivity contribution in [2.45, 2.75) is 6.92 Å². The molecular formula is C6H12O2S3. The van der Waals surface area contributed by atoms with Crippen LogP contribution < -0.4 is 0 Å². The SMILES string of the molecule is COC(=S)SC.COC(C)=S. The number of ether oxygens (including phenoxy) is 2. The molecule has 0 aromatic heterocycles. The first-order valence-electron chi connectivity index (χ1n) is 2.75. The van der Waals surface area contributed by atoms with Crippen LogP contribution in [0.1, 0.15) is 6.92 Å². The first kappa shape index (κ1) is 13.7. The summed E-state index contributed by atoms with van der Waals surface area (Å²) in [6.07, 6.45) is 1.88. The van der Waals surface area contributed by atoms with E-state index in [4.69, 9.17) is 0 Å². The van der Waals surface area contributed by atoms with E-state index in [0.717, 1.165) is 0 Å². The van der Waals surface area contributed by atoms with Crippen molar-refractivity contribution in [1.82, 2.24) is 0 Å². The molecule has 66 valence electrons. The summed E-state index contributed by atoms with van der Waals surface area (Å²) in [4.78, 5) is 0. The van der Waals surface area contributed by atoms with Crippen molar-refractivity contribution in [3.05, 3.63) is 0 Å². The Bertz CT molecular complexity index is 119. The second-order valence-electron chi connectivity index (χ2n) is 1.35. The molecule has 0 bridgehead atoms. The van der Waals surface area contributed by atoms with Gasteiger partial charge in [-0.25, -0.2) is 0 Å². The summed E-state index contributed by atoms with van der Waals surface area (Å²) in [5.74, 6) is 0. The van der Waals surface area contributed by atoms with Crippen molar-refractivity contribution in [1.29, 1.82) is 0 Å². The number of thioether (sulfide) groups is 1. The minimum absolute atomic E-state index is 0.588. The van der Waals surface area contributed by atoms with Gasteiger partial charge in [0.1, 0.15) is 0 Å². The largest absolute Gasteiger partial charge is 0.491 e. The van der Waals surface area contributed by atoms with Crippen molar-refractivity contribution in [2.75, 3.05) is 20.5 Å². The maximum absolute atomic E-state index is 4.60. The Morgan fingerprint density at radius 3 is 1.55 bits per heavy atom. The summed E-state index contributed by atoms with van der Waals surface area (Å²) in [7, 11) is 3.13. The van der Waals surface area contributed by atoms with Crippen molar-refractivity contribution in [2.24, 2.45) is 0 Å². The summed E-state index contributed by atoms with van der Waals surface area (Å²) >= 11 is 10.5. The summed E-state index contributed by atoms with van der Waals surface area (Å²) in [6, 6.07) is 0. The molecular weight excluding hydrogens is 200 g/mol. The minimum atomic E-state index is 0.588. The molecule has 0 N–H and O–H groups in total. The van der Waals surface area contributed by atoms with Crippen LogP contribution in [0.25, 0.3) is 0 Å². The molecule has 5 heteroatoms. The second kappa shape index (κ2) is 10.1. The van der Waals surface area contributed by atoms with Gasteiger partial charge in [-0.15, -0.1) is 0 Å². The Balaban J connectivity index is 0. The number of hydrogen-bond donors (Lipinski definition) is 0. The highest BCUT2D eigenvalue weighted by molar-refractivity contribution is 8.22. The zero-order valence-corrected chi connectivity index (χ0v) is 9.49. The fourth-order valence-electron chi connectivity index (χ4n) is 0.0833. The van der Waals surface area contributed by atoms with E-state index < -0.39 is 0 Å². The summed E-state index contributed by atoms with van der Waals surface area (Å²) in [5.41, 5.74) is 0. The lowest BCUT2D eigenvalue weighted by molar-refractivity contribution is 0.411. The van der Waals surface area contributed by atoms with Gasteiger partial charge >= 0.3 is 0 Å². The molecule has 0 aromatic rings. The molecule has 0 aliphatic heterocycles. The number of hydrogen-bond acceptors (Lipinski definition) is 5. The van der Waals surface area contributed by atoms with Gasteiger partial charge < -0.3 is 9.47 Å². The first-order chi connectivity index (χ1) is 5.08. The third-order valence-electron chi connectivity index (χ3n) is 0.621. The quantitative estimate of drug-likeness (QED) is 0.572. The van der Waals surface area contributed by atoms with Crippen molar-refractivity contribution < 1.29 is 9.47 Å². The molecule has 0 spiro atoms. The molecule has 0 saturated heterocycles. The Kier molecular flexibility index (Phi) is 12.6. The van der Waals surface area contributed by atoms with Crippen molar-refractivity contribution >= 4 is 45.6 Å². The average molecular weight is 212 g/mol. The molecule has 11 heavy (non-hydrogen) atoms. The van der Waals surface area contributed by atoms with Crippen LogP contribution in [-0.2, 0) is 9.47 Å². The predicted octanol–water partition coefficient (Wildman–Crippen LogP) is 2.26. The van der Waals surface area contributed by atoms with E-state index in [9.17, 15) is 0 Å². The van der Waals surface area contributed by atoms with Gasteiger partial charge in [0, 0.05) is 6.92 Å². The molecule has 0 aliphatic rings. The summed E-state index contributed by atoms with van der Waals surface area (Å²) in [5, 5.41) is 0.588. The van der Waals surface area contributed by atoms with Crippen LogP contribution in [0.2, 0.25) is 0 Å². The van der Waals surface area contributed by atoms with Crippen LogP contribution in [0, 0.1) is 0 Å². The zero-order valence-electron chi connectivity index (χ0n) is 7.04. The Labute approximate surface area is 82.6 Å². The normalized spacial score (nSPS) is 7.27. The lowest BCUT2D eigenvalue weighted by Gasteiger charge is -1.90. The third kappa shape index (κ3) is 17.8. The van der Waals surface area contributed by atoms with Gasteiger partial charge in [0.15, 0.2) is 5.05 Å². The smallest absolute Gasteiger partial charge is 0.219 e. The highest BCUT2D eigenvalue weighted by Crippen LogP contribution is 1.95. The zero-order chi connectivity index (χ0) is 9.28. The predicted molar refractivity (Wildman–Crippen MR) is 58.4 cm³/mol. The topological polar surface area (TPSA) is 18.5 Å². The van der Waals surface area contributed by atoms with E-state index in [0.29, 0.717) is 9.43 Å². The highest BCUT2D eigenvalue weighted by Gasteiger charge is 1.82. The fourth-order valence-corrected chi connectivity index (χ4v) is 0.250. The number of rotatable bonds is 0. The molecule has 0 amide bonds. The standard InChI is InChI=1S/C3H6OS2.C3H6OS/c1-4-3(5)6-2;1-3(5)4-2/h1-2H3;1-2H3. The Morgan fingerprint density at radius 1 is 1.18 bits per heavy atom. The summed E-state index contributed by atoms with van der Waals surface area (Å²) < 4.78 is 9.67. The molecule has 0 unspecified atom stereocenters. The molecule has 2 nitrogen and oxygen atoms in total. The molecule has 0 saturated carbocycles. The molecule has 0 atom stereocenters. The van der Waals surface area contributed by atoms with Gasteiger partial charge in [-0.05, 0) is 30.7 Å². The number of methoxy groups -OCH3 is 2. The molecule has 0 rings (SSSR count). The maximum atomic E-state index is 4.60. The lowest BCUT2D eigenvalue weighted by atomic mass is 10.9. The van der Waals surface area contributed by atoms with Crippen LogP contribution in [-0.4, -0.2) is 29.9 Å². The van der Waals surface area contributed by atoms with E-state index in [-0.39, 0.29) is 0 Å². The van der Waals surface area contributed by atoms with Gasteiger partial charge in [-0.1, -0.05) is 11.8 Å². The van der Waals surface area contributed by atoms with E-state index in [1.165, 1.54) is 11.8 Å². The van der Waals surface area contributed by atoms with Crippen LogP contribution in [0.15, 0.2) is 0 Å². The van der Waals surface area contributed by atoms with Crippen LogP contribution in [0.3, 0.4) is 0 Å². The monoisotopic (exact) mass is 212 g/mol. The van der Waals surface area contributed by atoms with Gasteiger partial charge in [-0.3, -0.25) is 0 Å². The Morgan fingerprint density at radius 2 is 1.55 bits per heavy atom. The second-order valence-corrected chi connectivity index (χ2v) is 3.34. The van der Waals surface area contributed by atoms with E-state index >= 15 is 0 Å². The molecule has 0 radical (unpaired) electrons. The minimum Gasteiger partial charge on any atom is -0.491 e. The van der Waals surface area contributed by atoms with Gasteiger partial charge in [0.05, 0.1) is 14.2 Å². The van der Waals surface area contributed by atoms with Crippen LogP contribution in [0.5, 0.6) is 0 Å². The molecule has 0 aliphatic carbocycles. The highest BCUT2D eigenvalue weighted by atomic mass is 32.2. The van der Waals surface area contributed by atoms with E-state index in [1.54, 1.807) is 21.1 Å². The first-order valence-corrected chi connectivity index (χ1v) is 4.79. The lowest BCUT2D eigenvalue weighted by Crippen LogP contribution is -1.85. The van der Waals surface area contributed by atoms with Gasteiger partial charge in [0.2, 0.25) is 4.38 Å². The van der Waals surface area contributed by atoms with Crippen LogP contribution in [0.4, 0.5) is 0 Å². The number of thiocarbonyl (C=S) groups is 2. The third-order valence-corrected chi connectivity index (χ3v) is 1.95. The molecule has 0 aromatic carbocycles. The van der Waals surface area contributed by atoms with Gasteiger partial charge in [-0.2, -0.15) is 0 Å². The van der Waals surface area contributed by atoms with Gasteiger partial charge in [0.25, 0.3) is 0 Å². The fraction of sp³-hybridized carbons (Fsp3) is 0.667. The van der Waals surface area contributed by atoms with Crippen molar-refractivity contribution in [3.8, 4) is 0 Å². The van der Waals surface area contributed by atoms with Crippen LogP contribution >= 0.6 is 36.2 Å². The Hall–Kier alpha value is 0.130. The van der Waals surface area contributed by atoms with E-state index in [2.05, 4.69) is 33.9 Å². The molecule has 0 heterocycles. The van der Waals surface area contributed by atoms with E-state index in [1.807, 2.05) is 6.26 Å². The van der Waals surface area contributed by atoms with Crippen molar-refractivity contribution in [3.63, 3.8) is 0 Å². The maximum Gasteiger partial charge on any atom is 0.219 e. The average Bonchev–Trinajstić information content (AvgIpc) is 2.04.